The Hall–Kier alpha value is -5.95. The van der Waals surface area contributed by atoms with E-state index in [1.54, 1.807) is 12.1 Å². The molecule has 3 heterocycles. The first kappa shape index (κ1) is 45.6. The van der Waals surface area contributed by atoms with E-state index in [2.05, 4.69) is 4.98 Å². The number of ether oxygens (including phenoxy) is 9. The third kappa shape index (κ3) is 7.76. The molecule has 0 amide bonds. The molecule has 1 N–H and O–H groups in total. The minimum atomic E-state index is -2.85. The van der Waals surface area contributed by atoms with Crippen molar-refractivity contribution >= 4 is 47.8 Å². The van der Waals surface area contributed by atoms with Gasteiger partial charge in [0.15, 0.2) is 30.0 Å². The van der Waals surface area contributed by atoms with E-state index in [0.29, 0.717) is 5.56 Å². The highest BCUT2D eigenvalue weighted by Gasteiger charge is 2.92. The van der Waals surface area contributed by atoms with Crippen molar-refractivity contribution in [2.24, 2.45) is 17.3 Å². The van der Waals surface area contributed by atoms with E-state index in [-0.39, 0.29) is 24.0 Å². The van der Waals surface area contributed by atoms with E-state index in [0.717, 1.165) is 41.5 Å². The van der Waals surface area contributed by atoms with E-state index < -0.39 is 132 Å². The van der Waals surface area contributed by atoms with Crippen molar-refractivity contribution in [2.75, 3.05) is 13.2 Å². The van der Waals surface area contributed by atoms with Crippen LogP contribution in [0.5, 0.6) is 0 Å². The molecule has 1 spiro atoms. The fraction of sp³-hybridized carbons (Fsp3) is 0.558. The number of aromatic nitrogens is 1. The lowest BCUT2D eigenvalue weighted by molar-refractivity contribution is -0.386. The number of nitrogens with zero attached hydrogens (tertiary/aromatic N) is 1. The minimum Gasteiger partial charge on any atom is -0.465 e. The smallest absolute Gasteiger partial charge is 0.340 e. The van der Waals surface area contributed by atoms with E-state index in [4.69, 9.17) is 42.6 Å². The number of hydrogen-bond acceptors (Lipinski definition) is 19. The van der Waals surface area contributed by atoms with Gasteiger partial charge in [-0.1, -0.05) is 25.1 Å². The summed E-state index contributed by atoms with van der Waals surface area (Å²) in [6.07, 6.45) is -9.25. The zero-order valence-electron chi connectivity index (χ0n) is 35.4. The van der Waals surface area contributed by atoms with Gasteiger partial charge in [0.25, 0.3) is 0 Å². The van der Waals surface area contributed by atoms with Crippen LogP contribution in [-0.4, -0.2) is 124 Å². The van der Waals surface area contributed by atoms with Crippen LogP contribution in [0.15, 0.2) is 48.8 Å². The van der Waals surface area contributed by atoms with Gasteiger partial charge in [0.05, 0.1) is 23.0 Å². The summed E-state index contributed by atoms with van der Waals surface area (Å²) in [5.41, 5.74) is -9.92. The van der Waals surface area contributed by atoms with Crippen LogP contribution in [-0.2, 0) is 77.8 Å². The van der Waals surface area contributed by atoms with Crippen molar-refractivity contribution in [3.05, 3.63) is 65.5 Å². The molecular formula is C43H49NO18. The van der Waals surface area contributed by atoms with E-state index >= 15 is 0 Å². The molecule has 4 aliphatic rings. The molecule has 62 heavy (non-hydrogen) atoms. The summed E-state index contributed by atoms with van der Waals surface area (Å²) >= 11 is 0. The molecule has 19 heteroatoms. The molecule has 3 fully saturated rings. The minimum absolute atomic E-state index is 0.0225. The number of aliphatic hydroxyl groups is 1. The maximum Gasteiger partial charge on any atom is 0.340 e. The van der Waals surface area contributed by atoms with Crippen LogP contribution < -0.4 is 0 Å². The number of rotatable bonds is 8. The average Bonchev–Trinajstić information content (AvgIpc) is 3.41. The molecule has 2 aliphatic heterocycles. The summed E-state index contributed by atoms with van der Waals surface area (Å²) in [5, 5.41) is 13.6. The van der Waals surface area contributed by atoms with Gasteiger partial charge in [-0.05, 0) is 50.5 Å². The van der Waals surface area contributed by atoms with Gasteiger partial charge in [-0.15, -0.1) is 0 Å². The quantitative estimate of drug-likeness (QED) is 0.295. The second-order valence-electron chi connectivity index (χ2n) is 16.5. The Morgan fingerprint density at radius 2 is 1.39 bits per heavy atom. The number of carbonyl (C=O) groups is 8. The SMILES string of the molecule is CC(=O)OCC12C(OC(C)=O)C(OC(C)=O)C3C(OC(C)=O)C14OC3(C)COC(=O)c1cnccc1CCC(C)C(=O)OC(C(OC(=O)c1ccccc1)C2OC(C)=O)C4(C)O. The lowest BCUT2D eigenvalue weighted by atomic mass is 9.45. The van der Waals surface area contributed by atoms with Gasteiger partial charge in [-0.25, -0.2) is 9.59 Å². The predicted octanol–water partition coefficient (Wildman–Crippen LogP) is 2.16. The molecule has 1 aromatic heterocycles. The summed E-state index contributed by atoms with van der Waals surface area (Å²) in [6, 6.07) is 9.03. The standard InChI is InChI=1S/C43H49NO18/c1-21-14-15-27-16-17-44-18-29(27)39(52)55-19-40(7)30-31(56-23(3)46)35(58-25(5)48)42(20-54-22(2)45)36(59-26(6)49)32(60-38(51)28-12-10-9-11-13-28)34(61-37(21)50)41(8,53)43(42,62-40)33(30)57-24(4)47/h9-13,16-18,21,30-36,53H,14-15,19-20H2,1-8H3. The average molecular weight is 868 g/mol. The highest BCUT2D eigenvalue weighted by molar-refractivity contribution is 5.91. The zero-order valence-corrected chi connectivity index (χ0v) is 35.4. The molecule has 2 saturated carbocycles. The van der Waals surface area contributed by atoms with E-state index in [1.165, 1.54) is 50.5 Å². The van der Waals surface area contributed by atoms with Gasteiger partial charge in [-0.3, -0.25) is 33.8 Å². The molecule has 19 nitrogen and oxygen atoms in total. The molecule has 6 rings (SSSR count). The molecule has 12 atom stereocenters. The number of hydrogen-bond donors (Lipinski definition) is 1. The molecule has 1 aromatic carbocycles. The van der Waals surface area contributed by atoms with Gasteiger partial charge in [0, 0.05) is 47.0 Å². The van der Waals surface area contributed by atoms with Crippen LogP contribution in [0.3, 0.4) is 0 Å². The number of cyclic esters (lactones) is 1. The van der Waals surface area contributed by atoms with Crippen molar-refractivity contribution in [3.8, 4) is 0 Å². The Bertz CT molecular complexity index is 2140. The van der Waals surface area contributed by atoms with Crippen LogP contribution in [0.25, 0.3) is 0 Å². The third-order valence-corrected chi connectivity index (χ3v) is 12.1. The highest BCUT2D eigenvalue weighted by Crippen LogP contribution is 2.70. The Labute approximate surface area is 355 Å². The molecule has 2 aliphatic carbocycles. The second kappa shape index (κ2) is 17.1. The van der Waals surface area contributed by atoms with Gasteiger partial charge in [0.2, 0.25) is 0 Å². The first-order valence-electron chi connectivity index (χ1n) is 19.9. The Balaban J connectivity index is 1.77. The largest absolute Gasteiger partial charge is 0.465 e. The zero-order chi connectivity index (χ0) is 45.5. The Morgan fingerprint density at radius 3 is 1.98 bits per heavy atom. The van der Waals surface area contributed by atoms with E-state index in [9.17, 15) is 43.5 Å². The van der Waals surface area contributed by atoms with Crippen LogP contribution in [0.1, 0.15) is 88.1 Å². The number of benzene rings is 1. The number of aryl methyl sites for hydroxylation is 1. The first-order valence-corrected chi connectivity index (χ1v) is 19.9. The lowest BCUT2D eigenvalue weighted by Gasteiger charge is -2.67. The van der Waals surface area contributed by atoms with Gasteiger partial charge in [-0.2, -0.15) is 0 Å². The normalized spacial score (nSPS) is 35.0. The topological polar surface area (TPSA) is 253 Å². The highest BCUT2D eigenvalue weighted by atomic mass is 16.7. The predicted molar refractivity (Wildman–Crippen MR) is 205 cm³/mol. The maximum atomic E-state index is 14.4. The van der Waals surface area contributed by atoms with Crippen LogP contribution in [0, 0.1) is 17.3 Å². The summed E-state index contributed by atoms with van der Waals surface area (Å²) in [4.78, 5) is 113. The third-order valence-electron chi connectivity index (χ3n) is 12.1. The number of fused-ring (bicyclic) bond motifs is 5. The van der Waals surface area contributed by atoms with Crippen LogP contribution >= 0.6 is 0 Å². The molecule has 0 radical (unpaired) electrons. The van der Waals surface area contributed by atoms with Gasteiger partial charge in [0.1, 0.15) is 42.0 Å². The van der Waals surface area contributed by atoms with Crippen molar-refractivity contribution in [3.63, 3.8) is 0 Å². The fourth-order valence-electron chi connectivity index (χ4n) is 9.75. The number of carbonyl (C=O) groups excluding carboxylic acids is 8. The number of esters is 8. The van der Waals surface area contributed by atoms with Gasteiger partial charge < -0.3 is 47.7 Å². The van der Waals surface area contributed by atoms with Gasteiger partial charge >= 0.3 is 47.8 Å². The summed E-state index contributed by atoms with van der Waals surface area (Å²) in [5.74, 6) is -10.6. The maximum absolute atomic E-state index is 14.4. The summed E-state index contributed by atoms with van der Waals surface area (Å²) in [6.45, 7) is 7.18. The molecular weight excluding hydrogens is 818 g/mol. The summed E-state index contributed by atoms with van der Waals surface area (Å²) in [7, 11) is 0. The molecule has 334 valence electrons. The van der Waals surface area contributed by atoms with Crippen LogP contribution in [0.4, 0.5) is 0 Å². The molecule has 1 saturated heterocycles. The van der Waals surface area contributed by atoms with Crippen molar-refractivity contribution in [1.82, 2.24) is 4.98 Å². The monoisotopic (exact) mass is 867 g/mol. The fourth-order valence-corrected chi connectivity index (χ4v) is 9.75. The Morgan fingerprint density at radius 1 is 0.790 bits per heavy atom. The lowest BCUT2D eigenvalue weighted by Crippen LogP contribution is -2.89. The molecule has 4 bridgehead atoms. The van der Waals surface area contributed by atoms with Crippen molar-refractivity contribution in [1.29, 1.82) is 0 Å². The second-order valence-corrected chi connectivity index (χ2v) is 16.5. The first-order chi connectivity index (χ1) is 29.1. The van der Waals surface area contributed by atoms with Crippen molar-refractivity contribution < 1.29 is 86.1 Å². The van der Waals surface area contributed by atoms with Crippen LogP contribution in [0.2, 0.25) is 0 Å². The molecule has 2 aromatic rings. The molecule has 12 unspecified atom stereocenters. The number of pyridine rings is 1. The van der Waals surface area contributed by atoms with Crippen molar-refractivity contribution in [2.45, 2.75) is 122 Å². The van der Waals surface area contributed by atoms with E-state index in [1.807, 2.05) is 0 Å². The Kier molecular flexibility index (Phi) is 12.6. The summed E-state index contributed by atoms with van der Waals surface area (Å²) < 4.78 is 55.3.